The average Bonchev–Trinajstić information content (AvgIpc) is 2.50. The van der Waals surface area contributed by atoms with Crippen molar-refractivity contribution in [3.05, 3.63) is 29.8 Å². The molecule has 2 rings (SSSR count). The van der Waals surface area contributed by atoms with Gasteiger partial charge >= 0.3 is 0 Å². The fourth-order valence-electron chi connectivity index (χ4n) is 3.09. The molecule has 1 aliphatic heterocycles. The molecule has 4 nitrogen and oxygen atoms in total. The molecule has 0 bridgehead atoms. The van der Waals surface area contributed by atoms with Crippen molar-refractivity contribution >= 4 is 0 Å². The third-order valence-electron chi connectivity index (χ3n) is 4.20. The maximum absolute atomic E-state index is 13.0. The van der Waals surface area contributed by atoms with Crippen LogP contribution in [-0.2, 0) is 4.74 Å². The van der Waals surface area contributed by atoms with Crippen LogP contribution in [0.5, 0.6) is 0 Å². The fraction of sp³-hybridized carbons (Fsp3) is 0.667. The number of hydrogen-bond acceptors (Lipinski definition) is 4. The quantitative estimate of drug-likeness (QED) is 0.898. The van der Waals surface area contributed by atoms with Crippen LogP contribution in [0.2, 0.25) is 0 Å². The summed E-state index contributed by atoms with van der Waals surface area (Å²) in [5, 5.41) is 0. The van der Waals surface area contributed by atoms with E-state index in [9.17, 15) is 4.39 Å². The lowest BCUT2D eigenvalue weighted by molar-refractivity contribution is -0.00630. The molecule has 2 N–H and O–H groups in total. The van der Waals surface area contributed by atoms with Crippen molar-refractivity contribution in [2.24, 2.45) is 5.73 Å². The van der Waals surface area contributed by atoms with Gasteiger partial charge in [0.05, 0.1) is 24.0 Å². The van der Waals surface area contributed by atoms with E-state index in [-0.39, 0.29) is 11.9 Å². The summed E-state index contributed by atoms with van der Waals surface area (Å²) in [5.74, 6) is -0.294. The number of hydrogen-bond donors (Lipinski definition) is 1. The van der Waals surface area contributed by atoms with E-state index in [2.05, 4.69) is 16.8 Å². The molecule has 1 aliphatic rings. The number of pyridine rings is 1. The Hall–Kier alpha value is -1.04. The van der Waals surface area contributed by atoms with Gasteiger partial charge in [0.15, 0.2) is 0 Å². The lowest BCUT2D eigenvalue weighted by Crippen LogP contribution is -2.50. The number of ether oxygens (including phenoxy) is 1. The summed E-state index contributed by atoms with van der Waals surface area (Å²) in [6.07, 6.45) is 4.47. The number of nitrogens with two attached hydrogens (primary N) is 1. The van der Waals surface area contributed by atoms with Gasteiger partial charge in [-0.1, -0.05) is 6.92 Å². The van der Waals surface area contributed by atoms with E-state index in [1.807, 2.05) is 0 Å². The first kappa shape index (κ1) is 15.4. The monoisotopic (exact) mass is 281 g/mol. The van der Waals surface area contributed by atoms with Crippen LogP contribution in [0, 0.1) is 5.82 Å². The van der Waals surface area contributed by atoms with Gasteiger partial charge in [0, 0.05) is 26.2 Å². The summed E-state index contributed by atoms with van der Waals surface area (Å²) >= 11 is 0. The van der Waals surface area contributed by atoms with Crippen LogP contribution in [0.4, 0.5) is 4.39 Å². The lowest BCUT2D eigenvalue weighted by atomic mass is 9.95. The SMILES string of the molecule is CCC(c1ccc(F)cn1)N1CCC(OC)CC1CN. The molecule has 1 fully saturated rings. The second-order valence-corrected chi connectivity index (χ2v) is 5.33. The molecule has 0 radical (unpaired) electrons. The van der Waals surface area contributed by atoms with Crippen molar-refractivity contribution in [2.75, 3.05) is 20.2 Å². The van der Waals surface area contributed by atoms with Crippen molar-refractivity contribution in [3.63, 3.8) is 0 Å². The first-order valence-electron chi connectivity index (χ1n) is 7.29. The highest BCUT2D eigenvalue weighted by atomic mass is 19.1. The van der Waals surface area contributed by atoms with E-state index in [1.165, 1.54) is 12.3 Å². The van der Waals surface area contributed by atoms with Crippen molar-refractivity contribution in [2.45, 2.75) is 44.4 Å². The molecule has 1 aromatic heterocycles. The van der Waals surface area contributed by atoms with Gasteiger partial charge in [-0.15, -0.1) is 0 Å². The Kier molecular flexibility index (Phi) is 5.46. The molecule has 1 aromatic rings. The molecule has 0 spiro atoms. The molecule has 5 heteroatoms. The van der Waals surface area contributed by atoms with E-state index >= 15 is 0 Å². The Morgan fingerprint density at radius 3 is 2.90 bits per heavy atom. The van der Waals surface area contributed by atoms with Gasteiger partial charge in [-0.25, -0.2) is 4.39 Å². The second kappa shape index (κ2) is 7.11. The maximum Gasteiger partial charge on any atom is 0.141 e. The molecule has 0 aliphatic carbocycles. The van der Waals surface area contributed by atoms with Gasteiger partial charge < -0.3 is 10.5 Å². The van der Waals surface area contributed by atoms with E-state index in [0.29, 0.717) is 18.7 Å². The van der Waals surface area contributed by atoms with Crippen LogP contribution < -0.4 is 5.73 Å². The van der Waals surface area contributed by atoms with Crippen molar-refractivity contribution in [1.29, 1.82) is 0 Å². The largest absolute Gasteiger partial charge is 0.381 e. The number of halogens is 1. The summed E-state index contributed by atoms with van der Waals surface area (Å²) in [5.41, 5.74) is 6.85. The smallest absolute Gasteiger partial charge is 0.141 e. The van der Waals surface area contributed by atoms with Gasteiger partial charge in [0.25, 0.3) is 0 Å². The molecule has 2 heterocycles. The van der Waals surface area contributed by atoms with Gasteiger partial charge in [-0.05, 0) is 31.4 Å². The zero-order chi connectivity index (χ0) is 14.5. The molecular formula is C15H24FN3O. The standard InChI is InChI=1S/C15H24FN3O/c1-3-15(14-5-4-11(16)10-18-14)19-7-6-13(20-2)8-12(19)9-17/h4-5,10,12-13,15H,3,6-9,17H2,1-2H3. The first-order valence-corrected chi connectivity index (χ1v) is 7.29. The van der Waals surface area contributed by atoms with E-state index in [4.69, 9.17) is 10.5 Å². The van der Waals surface area contributed by atoms with Gasteiger partial charge in [-0.3, -0.25) is 9.88 Å². The van der Waals surface area contributed by atoms with Gasteiger partial charge in [-0.2, -0.15) is 0 Å². The van der Waals surface area contributed by atoms with Crippen LogP contribution in [0.15, 0.2) is 18.3 Å². The van der Waals surface area contributed by atoms with Crippen molar-refractivity contribution < 1.29 is 9.13 Å². The Morgan fingerprint density at radius 1 is 1.55 bits per heavy atom. The summed E-state index contributed by atoms with van der Waals surface area (Å²) in [4.78, 5) is 6.64. The third-order valence-corrected chi connectivity index (χ3v) is 4.20. The van der Waals surface area contributed by atoms with E-state index in [1.54, 1.807) is 13.2 Å². The summed E-state index contributed by atoms with van der Waals surface area (Å²) < 4.78 is 18.5. The minimum absolute atomic E-state index is 0.196. The summed E-state index contributed by atoms with van der Waals surface area (Å²) in [6, 6.07) is 3.75. The number of methoxy groups -OCH3 is 1. The highest BCUT2D eigenvalue weighted by molar-refractivity contribution is 5.11. The molecule has 112 valence electrons. The lowest BCUT2D eigenvalue weighted by Gasteiger charge is -2.42. The third kappa shape index (κ3) is 3.34. The Balaban J connectivity index is 2.15. The Bertz CT molecular complexity index is 412. The zero-order valence-electron chi connectivity index (χ0n) is 12.3. The number of aromatic nitrogens is 1. The topological polar surface area (TPSA) is 51.4 Å². The Labute approximate surface area is 120 Å². The molecule has 20 heavy (non-hydrogen) atoms. The molecule has 3 atom stereocenters. The number of nitrogens with zero attached hydrogens (tertiary/aromatic N) is 2. The number of likely N-dealkylation sites (tertiary alicyclic amines) is 1. The van der Waals surface area contributed by atoms with E-state index < -0.39 is 0 Å². The van der Waals surface area contributed by atoms with Crippen LogP contribution >= 0.6 is 0 Å². The molecular weight excluding hydrogens is 257 g/mol. The minimum Gasteiger partial charge on any atom is -0.381 e. The normalized spacial score (nSPS) is 25.6. The molecule has 1 saturated heterocycles. The maximum atomic E-state index is 13.0. The number of rotatable bonds is 5. The van der Waals surface area contributed by atoms with E-state index in [0.717, 1.165) is 31.5 Å². The predicted octanol–water partition coefficient (Wildman–Crippen LogP) is 2.11. The van der Waals surface area contributed by atoms with Crippen LogP contribution in [0.1, 0.15) is 37.9 Å². The molecule has 0 amide bonds. The van der Waals surface area contributed by atoms with Crippen LogP contribution in [0.3, 0.4) is 0 Å². The Morgan fingerprint density at radius 2 is 2.35 bits per heavy atom. The van der Waals surface area contributed by atoms with Crippen molar-refractivity contribution in [1.82, 2.24) is 9.88 Å². The highest BCUT2D eigenvalue weighted by Gasteiger charge is 2.32. The van der Waals surface area contributed by atoms with Gasteiger partial charge in [0.2, 0.25) is 0 Å². The number of piperidine rings is 1. The summed E-state index contributed by atoms with van der Waals surface area (Å²) in [7, 11) is 1.76. The van der Waals surface area contributed by atoms with Crippen molar-refractivity contribution in [3.8, 4) is 0 Å². The van der Waals surface area contributed by atoms with Crippen LogP contribution in [-0.4, -0.2) is 42.2 Å². The predicted molar refractivity (Wildman–Crippen MR) is 76.8 cm³/mol. The summed E-state index contributed by atoms with van der Waals surface area (Å²) in [6.45, 7) is 3.68. The molecule has 0 aromatic carbocycles. The van der Waals surface area contributed by atoms with Crippen LogP contribution in [0.25, 0.3) is 0 Å². The first-order chi connectivity index (χ1) is 9.69. The molecule has 0 saturated carbocycles. The minimum atomic E-state index is -0.294. The second-order valence-electron chi connectivity index (χ2n) is 5.33. The van der Waals surface area contributed by atoms with Gasteiger partial charge in [0.1, 0.15) is 5.82 Å². The fourth-order valence-corrected chi connectivity index (χ4v) is 3.09. The average molecular weight is 281 g/mol. The zero-order valence-corrected chi connectivity index (χ0v) is 12.3. The highest BCUT2D eigenvalue weighted by Crippen LogP contribution is 2.30. The molecule has 3 unspecified atom stereocenters.